The highest BCUT2D eigenvalue weighted by atomic mass is 16.5. The molecule has 3 N–H and O–H groups in total. The number of rotatable bonds is 3. The predicted molar refractivity (Wildman–Crippen MR) is 74.1 cm³/mol. The maximum absolute atomic E-state index is 12.4. The van der Waals surface area contributed by atoms with Gasteiger partial charge in [0, 0.05) is 6.54 Å². The molecule has 1 aromatic heterocycles. The lowest BCUT2D eigenvalue weighted by Crippen LogP contribution is -2.52. The molecule has 20 heavy (non-hydrogen) atoms. The molecular formula is C13H22N4O3. The van der Waals surface area contributed by atoms with Crippen molar-refractivity contribution in [3.63, 3.8) is 0 Å². The van der Waals surface area contributed by atoms with Gasteiger partial charge < -0.3 is 20.5 Å². The second-order valence-corrected chi connectivity index (χ2v) is 5.28. The summed E-state index contributed by atoms with van der Waals surface area (Å²) in [5, 5.41) is 13.4. The van der Waals surface area contributed by atoms with Crippen molar-refractivity contribution in [3.05, 3.63) is 11.4 Å². The van der Waals surface area contributed by atoms with Crippen LogP contribution in [0.4, 0.5) is 5.69 Å². The number of hydrogen-bond acceptors (Lipinski definition) is 5. The number of aliphatic hydroxyl groups is 1. The fourth-order valence-corrected chi connectivity index (χ4v) is 2.36. The van der Waals surface area contributed by atoms with E-state index in [2.05, 4.69) is 5.10 Å². The molecule has 1 amide bonds. The molecule has 1 aliphatic rings. The molecule has 112 valence electrons. The van der Waals surface area contributed by atoms with Crippen LogP contribution in [-0.4, -0.2) is 57.6 Å². The molecule has 7 nitrogen and oxygen atoms in total. The summed E-state index contributed by atoms with van der Waals surface area (Å²) in [5.74, 6) is -0.0372. The van der Waals surface area contributed by atoms with Crippen molar-refractivity contribution in [2.24, 2.45) is 0 Å². The van der Waals surface area contributed by atoms with E-state index in [1.165, 1.54) is 0 Å². The Hall–Kier alpha value is -1.60. The first-order valence-corrected chi connectivity index (χ1v) is 6.75. The van der Waals surface area contributed by atoms with Gasteiger partial charge in [-0.2, -0.15) is 5.10 Å². The summed E-state index contributed by atoms with van der Waals surface area (Å²) < 4.78 is 7.06. The van der Waals surface area contributed by atoms with Crippen LogP contribution < -0.4 is 5.73 Å². The number of amides is 1. The van der Waals surface area contributed by atoms with Gasteiger partial charge in [-0.25, -0.2) is 0 Å². The molecule has 1 saturated heterocycles. The van der Waals surface area contributed by atoms with Crippen LogP contribution >= 0.6 is 0 Å². The SMILES string of the molecule is Cc1nn(CC(=O)N2CC(CO)OCC2C)c(C)c1N. The Kier molecular flexibility index (Phi) is 4.29. The van der Waals surface area contributed by atoms with Crippen LogP contribution in [0.3, 0.4) is 0 Å². The van der Waals surface area contributed by atoms with E-state index in [4.69, 9.17) is 15.6 Å². The van der Waals surface area contributed by atoms with Gasteiger partial charge in [0.2, 0.25) is 5.91 Å². The summed E-state index contributed by atoms with van der Waals surface area (Å²) in [7, 11) is 0. The molecular weight excluding hydrogens is 260 g/mol. The molecule has 2 unspecified atom stereocenters. The number of carbonyl (C=O) groups is 1. The van der Waals surface area contributed by atoms with Gasteiger partial charge in [0.1, 0.15) is 6.54 Å². The van der Waals surface area contributed by atoms with Crippen LogP contribution in [0.1, 0.15) is 18.3 Å². The Bertz CT molecular complexity index is 500. The van der Waals surface area contributed by atoms with Crippen LogP contribution in [0.2, 0.25) is 0 Å². The Morgan fingerprint density at radius 2 is 2.25 bits per heavy atom. The normalized spacial score (nSPS) is 23.1. The molecule has 2 rings (SSSR count). The van der Waals surface area contributed by atoms with Crippen molar-refractivity contribution >= 4 is 11.6 Å². The molecule has 0 radical (unpaired) electrons. The molecule has 0 saturated carbocycles. The minimum Gasteiger partial charge on any atom is -0.396 e. The van der Waals surface area contributed by atoms with E-state index in [9.17, 15) is 4.79 Å². The lowest BCUT2D eigenvalue weighted by Gasteiger charge is -2.37. The number of carbonyl (C=O) groups excluding carboxylic acids is 1. The summed E-state index contributed by atoms with van der Waals surface area (Å²) in [6, 6.07) is -0.000359. The zero-order chi connectivity index (χ0) is 14.9. The zero-order valence-corrected chi connectivity index (χ0v) is 12.2. The van der Waals surface area contributed by atoms with Crippen LogP contribution in [0.15, 0.2) is 0 Å². The smallest absolute Gasteiger partial charge is 0.244 e. The van der Waals surface area contributed by atoms with Crippen molar-refractivity contribution in [2.75, 3.05) is 25.5 Å². The van der Waals surface area contributed by atoms with Gasteiger partial charge in [-0.15, -0.1) is 0 Å². The fraction of sp³-hybridized carbons (Fsp3) is 0.692. The number of anilines is 1. The number of ether oxygens (including phenoxy) is 1. The third-order valence-corrected chi connectivity index (χ3v) is 3.75. The minimum atomic E-state index is -0.305. The first kappa shape index (κ1) is 14.8. The second kappa shape index (κ2) is 5.80. The summed E-state index contributed by atoms with van der Waals surface area (Å²) in [5.41, 5.74) is 8.03. The van der Waals surface area contributed by atoms with E-state index in [0.29, 0.717) is 18.8 Å². The summed E-state index contributed by atoms with van der Waals surface area (Å²) in [4.78, 5) is 14.1. The standard InChI is InChI=1S/C13H22N4O3/c1-8-7-20-11(6-18)4-16(8)12(19)5-17-10(3)13(14)9(2)15-17/h8,11,18H,4-7,14H2,1-3H3. The summed E-state index contributed by atoms with van der Waals surface area (Å²) in [6.45, 7) is 6.53. The molecule has 0 bridgehead atoms. The largest absolute Gasteiger partial charge is 0.396 e. The lowest BCUT2D eigenvalue weighted by atomic mass is 10.2. The molecule has 0 aliphatic carbocycles. The number of morpholine rings is 1. The highest BCUT2D eigenvalue weighted by Crippen LogP contribution is 2.16. The van der Waals surface area contributed by atoms with Crippen molar-refractivity contribution in [1.82, 2.24) is 14.7 Å². The predicted octanol–water partition coefficient (Wildman–Crippen LogP) is -0.310. The van der Waals surface area contributed by atoms with Gasteiger partial charge in [-0.05, 0) is 20.8 Å². The van der Waals surface area contributed by atoms with Gasteiger partial charge in [0.15, 0.2) is 0 Å². The number of nitrogens with zero attached hydrogens (tertiary/aromatic N) is 3. The molecule has 2 heterocycles. The average Bonchev–Trinajstić information content (AvgIpc) is 2.67. The summed E-state index contributed by atoms with van der Waals surface area (Å²) >= 11 is 0. The Morgan fingerprint density at radius 1 is 1.55 bits per heavy atom. The Morgan fingerprint density at radius 3 is 2.80 bits per heavy atom. The van der Waals surface area contributed by atoms with E-state index < -0.39 is 0 Å². The Labute approximate surface area is 118 Å². The highest BCUT2D eigenvalue weighted by molar-refractivity contribution is 5.76. The topological polar surface area (TPSA) is 93.6 Å². The Balaban J connectivity index is 2.08. The number of aryl methyl sites for hydroxylation is 1. The fourth-order valence-electron chi connectivity index (χ4n) is 2.36. The van der Waals surface area contributed by atoms with E-state index in [1.54, 1.807) is 9.58 Å². The van der Waals surface area contributed by atoms with Crippen molar-refractivity contribution in [1.29, 1.82) is 0 Å². The molecule has 1 aliphatic heterocycles. The molecule has 1 aromatic rings. The molecule has 0 aromatic carbocycles. The minimum absolute atomic E-state index is 0.000359. The van der Waals surface area contributed by atoms with Crippen molar-refractivity contribution < 1.29 is 14.6 Å². The van der Waals surface area contributed by atoms with E-state index in [-0.39, 0.29) is 31.2 Å². The number of nitrogens with two attached hydrogens (primary N) is 1. The maximum atomic E-state index is 12.4. The zero-order valence-electron chi connectivity index (χ0n) is 12.2. The van der Waals surface area contributed by atoms with Crippen molar-refractivity contribution in [2.45, 2.75) is 39.5 Å². The summed E-state index contributed by atoms with van der Waals surface area (Å²) in [6.07, 6.45) is -0.305. The van der Waals surface area contributed by atoms with Crippen LogP contribution in [0, 0.1) is 13.8 Å². The molecule has 0 spiro atoms. The highest BCUT2D eigenvalue weighted by Gasteiger charge is 2.29. The number of hydrogen-bond donors (Lipinski definition) is 2. The average molecular weight is 282 g/mol. The van der Waals surface area contributed by atoms with E-state index in [0.717, 1.165) is 11.4 Å². The van der Waals surface area contributed by atoms with Crippen LogP contribution in [0.25, 0.3) is 0 Å². The van der Waals surface area contributed by atoms with Gasteiger partial charge in [0.25, 0.3) is 0 Å². The van der Waals surface area contributed by atoms with Crippen LogP contribution in [0.5, 0.6) is 0 Å². The van der Waals surface area contributed by atoms with Crippen LogP contribution in [-0.2, 0) is 16.1 Å². The van der Waals surface area contributed by atoms with Gasteiger partial charge in [-0.1, -0.05) is 0 Å². The monoisotopic (exact) mass is 282 g/mol. The first-order valence-electron chi connectivity index (χ1n) is 6.75. The lowest BCUT2D eigenvalue weighted by molar-refractivity contribution is -0.147. The second-order valence-electron chi connectivity index (χ2n) is 5.28. The van der Waals surface area contributed by atoms with Gasteiger partial charge in [0.05, 0.1) is 42.4 Å². The third kappa shape index (κ3) is 2.78. The molecule has 2 atom stereocenters. The molecule has 7 heteroatoms. The maximum Gasteiger partial charge on any atom is 0.244 e. The quantitative estimate of drug-likeness (QED) is 0.793. The molecule has 1 fully saturated rings. The van der Waals surface area contributed by atoms with E-state index >= 15 is 0 Å². The number of nitrogen functional groups attached to an aromatic ring is 1. The number of aromatic nitrogens is 2. The third-order valence-electron chi connectivity index (χ3n) is 3.75. The van der Waals surface area contributed by atoms with Gasteiger partial charge >= 0.3 is 0 Å². The van der Waals surface area contributed by atoms with Gasteiger partial charge in [-0.3, -0.25) is 9.48 Å². The van der Waals surface area contributed by atoms with E-state index in [1.807, 2.05) is 20.8 Å². The van der Waals surface area contributed by atoms with Crippen molar-refractivity contribution in [3.8, 4) is 0 Å². The first-order chi connectivity index (χ1) is 9.43. The number of aliphatic hydroxyl groups excluding tert-OH is 1.